The van der Waals surface area contributed by atoms with Crippen LogP contribution in [0.4, 0.5) is 0 Å². The molecule has 0 fully saturated rings. The maximum atomic E-state index is 11.7. The second-order valence-electron chi connectivity index (χ2n) is 3.34. The fraction of sp³-hybridized carbons (Fsp3) is 0.455. The highest BCUT2D eigenvalue weighted by Gasteiger charge is 2.17. The molecule has 0 aliphatic heterocycles. The number of carbonyl (C=O) groups excluding carboxylic acids is 1. The maximum Gasteiger partial charge on any atom is 0.358 e. The van der Waals surface area contributed by atoms with Crippen molar-refractivity contribution in [2.75, 3.05) is 13.2 Å². The summed E-state index contributed by atoms with van der Waals surface area (Å²) >= 11 is 11.5. The Morgan fingerprint density at radius 1 is 1.47 bits per heavy atom. The molecule has 1 rings (SSSR count). The van der Waals surface area contributed by atoms with Crippen LogP contribution in [-0.4, -0.2) is 30.3 Å². The number of rotatable bonds is 5. The lowest BCUT2D eigenvalue weighted by molar-refractivity contribution is 0.00389. The van der Waals surface area contributed by atoms with Gasteiger partial charge >= 0.3 is 5.97 Å². The number of nitrogens with zero attached hydrogens (tertiary/aromatic N) is 1. The van der Waals surface area contributed by atoms with Gasteiger partial charge in [0.05, 0.1) is 11.6 Å². The predicted molar refractivity (Wildman–Crippen MR) is 65.6 cm³/mol. The predicted octanol–water partition coefficient (Wildman–Crippen LogP) is 2.97. The summed E-state index contributed by atoms with van der Waals surface area (Å²) in [7, 11) is 0. The minimum absolute atomic E-state index is 0.0162. The third kappa shape index (κ3) is 4.50. The highest BCUT2D eigenvalue weighted by Crippen LogP contribution is 2.18. The molecule has 0 bridgehead atoms. The van der Waals surface area contributed by atoms with Gasteiger partial charge < -0.3 is 9.47 Å². The van der Waals surface area contributed by atoms with Crippen LogP contribution in [-0.2, 0) is 9.47 Å². The number of hydrogen-bond donors (Lipinski definition) is 0. The molecule has 0 spiro atoms. The van der Waals surface area contributed by atoms with E-state index >= 15 is 0 Å². The molecule has 0 saturated heterocycles. The van der Waals surface area contributed by atoms with Crippen molar-refractivity contribution in [3.05, 3.63) is 28.0 Å². The molecule has 0 aromatic carbocycles. The molecule has 0 N–H and O–H groups in total. The number of aromatic nitrogens is 1. The lowest BCUT2D eigenvalue weighted by Crippen LogP contribution is -2.21. The van der Waals surface area contributed by atoms with Crippen molar-refractivity contribution in [3.63, 3.8) is 0 Å². The SMILES string of the molecule is CCOCC(C)OC(=O)c1nc(Cl)ccc1Cl. The average molecular weight is 278 g/mol. The van der Waals surface area contributed by atoms with Crippen LogP contribution in [0, 0.1) is 0 Å². The first-order valence-electron chi connectivity index (χ1n) is 5.15. The fourth-order valence-corrected chi connectivity index (χ4v) is 1.45. The molecule has 4 nitrogen and oxygen atoms in total. The van der Waals surface area contributed by atoms with Crippen LogP contribution >= 0.6 is 23.2 Å². The van der Waals surface area contributed by atoms with E-state index in [4.69, 9.17) is 32.7 Å². The second-order valence-corrected chi connectivity index (χ2v) is 4.13. The summed E-state index contributed by atoms with van der Waals surface area (Å²) in [4.78, 5) is 15.5. The first kappa shape index (κ1) is 14.2. The number of ether oxygens (including phenoxy) is 2. The topological polar surface area (TPSA) is 48.4 Å². The Bertz CT molecular complexity index is 398. The highest BCUT2D eigenvalue weighted by atomic mass is 35.5. The van der Waals surface area contributed by atoms with Crippen LogP contribution < -0.4 is 0 Å². The molecule has 17 heavy (non-hydrogen) atoms. The Morgan fingerprint density at radius 3 is 2.82 bits per heavy atom. The molecule has 0 aliphatic rings. The van der Waals surface area contributed by atoms with Crippen molar-refractivity contribution < 1.29 is 14.3 Å². The van der Waals surface area contributed by atoms with Crippen LogP contribution in [0.1, 0.15) is 24.3 Å². The molecular formula is C11H13Cl2NO3. The van der Waals surface area contributed by atoms with E-state index in [0.717, 1.165) is 0 Å². The van der Waals surface area contributed by atoms with Crippen molar-refractivity contribution in [3.8, 4) is 0 Å². The number of pyridine rings is 1. The van der Waals surface area contributed by atoms with Crippen molar-refractivity contribution in [1.29, 1.82) is 0 Å². The van der Waals surface area contributed by atoms with E-state index in [9.17, 15) is 4.79 Å². The van der Waals surface area contributed by atoms with Gasteiger partial charge in [0.1, 0.15) is 11.3 Å². The molecule has 6 heteroatoms. The van der Waals surface area contributed by atoms with Crippen molar-refractivity contribution in [2.45, 2.75) is 20.0 Å². The van der Waals surface area contributed by atoms with Crippen LogP contribution in [0.25, 0.3) is 0 Å². The molecule has 0 saturated carbocycles. The van der Waals surface area contributed by atoms with E-state index in [0.29, 0.717) is 13.2 Å². The van der Waals surface area contributed by atoms with E-state index in [1.165, 1.54) is 12.1 Å². The third-order valence-corrected chi connectivity index (χ3v) is 2.39. The van der Waals surface area contributed by atoms with Crippen molar-refractivity contribution in [2.24, 2.45) is 0 Å². The third-order valence-electron chi connectivity index (χ3n) is 1.87. The van der Waals surface area contributed by atoms with Gasteiger partial charge in [-0.25, -0.2) is 9.78 Å². The van der Waals surface area contributed by atoms with Crippen molar-refractivity contribution >= 4 is 29.2 Å². The molecule has 1 heterocycles. The van der Waals surface area contributed by atoms with Gasteiger partial charge in [-0.15, -0.1) is 0 Å². The van der Waals surface area contributed by atoms with Crippen LogP contribution in [0.15, 0.2) is 12.1 Å². The van der Waals surface area contributed by atoms with E-state index in [-0.39, 0.29) is 22.0 Å². The summed E-state index contributed by atoms with van der Waals surface area (Å²) in [5.74, 6) is -0.607. The van der Waals surface area contributed by atoms with E-state index in [1.807, 2.05) is 6.92 Å². The van der Waals surface area contributed by atoms with Gasteiger partial charge in [-0.2, -0.15) is 0 Å². The number of carbonyl (C=O) groups is 1. The summed E-state index contributed by atoms with van der Waals surface area (Å²) in [6, 6.07) is 3.00. The largest absolute Gasteiger partial charge is 0.455 e. The smallest absolute Gasteiger partial charge is 0.358 e. The summed E-state index contributed by atoms with van der Waals surface area (Å²) < 4.78 is 10.2. The summed E-state index contributed by atoms with van der Waals surface area (Å²) in [6.45, 7) is 4.49. The second kappa shape index (κ2) is 6.79. The monoisotopic (exact) mass is 277 g/mol. The minimum atomic E-state index is -0.607. The van der Waals surface area contributed by atoms with Crippen LogP contribution in [0.3, 0.4) is 0 Å². The molecular weight excluding hydrogens is 265 g/mol. The average Bonchev–Trinajstić information content (AvgIpc) is 2.29. The maximum absolute atomic E-state index is 11.7. The van der Waals surface area contributed by atoms with Gasteiger partial charge in [0.15, 0.2) is 5.69 Å². The normalized spacial score (nSPS) is 12.2. The molecule has 1 aromatic rings. The number of hydrogen-bond acceptors (Lipinski definition) is 4. The number of esters is 1. The lowest BCUT2D eigenvalue weighted by atomic mass is 10.3. The number of halogens is 2. The highest BCUT2D eigenvalue weighted by molar-refractivity contribution is 6.34. The molecule has 0 radical (unpaired) electrons. The summed E-state index contributed by atoms with van der Waals surface area (Å²) in [6.07, 6.45) is -0.362. The molecule has 1 aromatic heterocycles. The fourth-order valence-electron chi connectivity index (χ4n) is 1.12. The van der Waals surface area contributed by atoms with E-state index in [2.05, 4.69) is 4.98 Å². The minimum Gasteiger partial charge on any atom is -0.455 e. The zero-order valence-electron chi connectivity index (χ0n) is 9.57. The van der Waals surface area contributed by atoms with E-state index < -0.39 is 5.97 Å². The Balaban J connectivity index is 2.66. The van der Waals surface area contributed by atoms with Gasteiger partial charge in [0.25, 0.3) is 0 Å². The zero-order valence-corrected chi connectivity index (χ0v) is 11.1. The van der Waals surface area contributed by atoms with Gasteiger partial charge in [-0.1, -0.05) is 23.2 Å². The zero-order chi connectivity index (χ0) is 12.8. The quantitative estimate of drug-likeness (QED) is 0.613. The van der Waals surface area contributed by atoms with Crippen LogP contribution in [0.5, 0.6) is 0 Å². The van der Waals surface area contributed by atoms with Crippen LogP contribution in [0.2, 0.25) is 10.2 Å². The van der Waals surface area contributed by atoms with Gasteiger partial charge in [-0.05, 0) is 26.0 Å². The van der Waals surface area contributed by atoms with E-state index in [1.54, 1.807) is 6.92 Å². The van der Waals surface area contributed by atoms with Gasteiger partial charge in [-0.3, -0.25) is 0 Å². The molecule has 1 atom stereocenters. The molecule has 94 valence electrons. The lowest BCUT2D eigenvalue weighted by Gasteiger charge is -2.13. The Hall–Kier alpha value is -0.840. The molecule has 0 aliphatic carbocycles. The molecule has 0 amide bonds. The Labute approximate surface area is 110 Å². The Morgan fingerprint density at radius 2 is 2.18 bits per heavy atom. The first-order valence-corrected chi connectivity index (χ1v) is 5.91. The van der Waals surface area contributed by atoms with Gasteiger partial charge in [0.2, 0.25) is 0 Å². The summed E-state index contributed by atoms with van der Waals surface area (Å²) in [5, 5.41) is 0.404. The molecule has 1 unspecified atom stereocenters. The standard InChI is InChI=1S/C11H13Cl2NO3/c1-3-16-6-7(2)17-11(15)10-8(12)4-5-9(13)14-10/h4-5,7H,3,6H2,1-2H3. The van der Waals surface area contributed by atoms with Gasteiger partial charge in [0, 0.05) is 6.61 Å². The Kier molecular flexibility index (Phi) is 5.68. The summed E-state index contributed by atoms with van der Waals surface area (Å²) in [5.41, 5.74) is 0.0162. The van der Waals surface area contributed by atoms with Crippen molar-refractivity contribution in [1.82, 2.24) is 4.98 Å². The first-order chi connectivity index (χ1) is 8.04.